The number of hydrogen-bond acceptors (Lipinski definition) is 18. The average molecular weight is 1430 g/mol. The fraction of sp³-hybridized carbons (Fsp3) is 0.644. The van der Waals surface area contributed by atoms with Gasteiger partial charge in [-0.25, -0.2) is 9.59 Å². The molecule has 0 radical (unpaired) electrons. The zero-order chi connectivity index (χ0) is 76.2. The lowest BCUT2D eigenvalue weighted by Gasteiger charge is -2.38. The van der Waals surface area contributed by atoms with Gasteiger partial charge in [-0.05, 0) is 101 Å². The van der Waals surface area contributed by atoms with Crippen molar-refractivity contribution in [1.82, 2.24) is 56.1 Å². The van der Waals surface area contributed by atoms with Crippen LogP contribution in [0, 0.1) is 37.5 Å². The number of hydrogen-bond donors (Lipinski definition) is 7. The van der Waals surface area contributed by atoms with Crippen LogP contribution >= 0.6 is 0 Å². The number of nitrogens with two attached hydrogens (primary N) is 1. The van der Waals surface area contributed by atoms with Crippen molar-refractivity contribution in [2.24, 2.45) is 29.4 Å². The Labute approximate surface area is 602 Å². The number of unbranched alkanes of at least 4 members (excludes halogenated alkanes) is 2. The molecule has 0 saturated carbocycles. The molecule has 2 heterocycles. The monoisotopic (exact) mass is 1430 g/mol. The Bertz CT molecular complexity index is 3170. The molecule has 2 aromatic carbocycles. The highest BCUT2D eigenvalue weighted by molar-refractivity contribution is 6.13. The van der Waals surface area contributed by atoms with Gasteiger partial charge in [0.15, 0.2) is 5.78 Å². The van der Waals surface area contributed by atoms with Crippen molar-refractivity contribution in [3.05, 3.63) is 76.9 Å². The van der Waals surface area contributed by atoms with Crippen molar-refractivity contribution in [3.63, 3.8) is 0 Å². The maximum atomic E-state index is 15.0. The van der Waals surface area contributed by atoms with Gasteiger partial charge in [0, 0.05) is 97.8 Å². The van der Waals surface area contributed by atoms with Gasteiger partial charge in [-0.2, -0.15) is 5.06 Å². The van der Waals surface area contributed by atoms with E-state index in [1.807, 2.05) is 79.6 Å². The number of nitrogens with zero attached hydrogens (tertiary/aromatic N) is 6. The Morgan fingerprint density at radius 1 is 0.706 bits per heavy atom. The quantitative estimate of drug-likeness (QED) is 0.0206. The molecule has 4 rings (SSSR count). The minimum Gasteiger partial charge on any atom is -0.444 e. The number of primary amides is 1. The van der Waals surface area contributed by atoms with E-state index in [4.69, 9.17) is 24.8 Å². The molecule has 0 aliphatic carbocycles. The predicted molar refractivity (Wildman–Crippen MR) is 385 cm³/mol. The third-order valence-corrected chi connectivity index (χ3v) is 18.6. The van der Waals surface area contributed by atoms with Crippen LogP contribution in [0.5, 0.6) is 0 Å². The SMILES string of the molecule is CCC[C@@H]([C@@H](CC(=O)N1C[C@@H](OC(=O)N(C)CCN(C)OCc2ccc(NC(=O)[C@H](CCCNC(N)=O)NC(=O)[C@@H](NC(=O)CCCCCN3C(=O)C=CC3=O)C(C)C)cc2)C[C@H]1[C@H](OC)[C@@H](C)C(=O)NCC(=O)c1ccc(C)cc1C)OC)N(C)C(=O)[C@@H](NC(=O)[C@H](C(C)C)N(C)C)C(C)C. The van der Waals surface area contributed by atoms with Crippen LogP contribution in [-0.4, -0.2) is 244 Å². The third-order valence-electron chi connectivity index (χ3n) is 18.6. The highest BCUT2D eigenvalue weighted by Crippen LogP contribution is 2.31. The van der Waals surface area contributed by atoms with E-state index < -0.39 is 96.2 Å². The van der Waals surface area contributed by atoms with Crippen molar-refractivity contribution in [3.8, 4) is 0 Å². The molecule has 568 valence electrons. The second kappa shape index (κ2) is 42.3. The van der Waals surface area contributed by atoms with E-state index in [1.165, 1.54) is 31.3 Å². The van der Waals surface area contributed by atoms with Gasteiger partial charge in [-0.15, -0.1) is 0 Å². The van der Waals surface area contributed by atoms with Crippen LogP contribution in [0.4, 0.5) is 15.3 Å². The van der Waals surface area contributed by atoms with Crippen LogP contribution in [0.1, 0.15) is 147 Å². The van der Waals surface area contributed by atoms with Gasteiger partial charge < -0.3 is 66.5 Å². The number of likely N-dealkylation sites (N-methyl/N-ethyl adjacent to an activating group) is 4. The minimum atomic E-state index is -1.08. The zero-order valence-electron chi connectivity index (χ0n) is 63.0. The zero-order valence-corrected chi connectivity index (χ0v) is 63.0. The Hall–Kier alpha value is -8.38. The minimum absolute atomic E-state index is 0.0390. The van der Waals surface area contributed by atoms with E-state index in [0.717, 1.165) is 21.6 Å². The van der Waals surface area contributed by atoms with E-state index in [1.54, 1.807) is 87.1 Å². The fourth-order valence-electron chi connectivity index (χ4n) is 12.8. The summed E-state index contributed by atoms with van der Waals surface area (Å²) in [4.78, 5) is 174. The molecule has 0 bridgehead atoms. The molecule has 1 fully saturated rings. The van der Waals surface area contributed by atoms with Gasteiger partial charge in [0.1, 0.15) is 24.2 Å². The number of Topliss-reactive ketones (excluding diaryl/α,β-unsaturated/α-hetero) is 1. The molecule has 29 nitrogen and oxygen atoms in total. The van der Waals surface area contributed by atoms with Crippen molar-refractivity contribution in [2.75, 3.05) is 94.0 Å². The maximum Gasteiger partial charge on any atom is 0.409 e. The summed E-state index contributed by atoms with van der Waals surface area (Å²) in [7, 11) is 11.4. The van der Waals surface area contributed by atoms with E-state index in [0.29, 0.717) is 43.4 Å². The number of methoxy groups -OCH3 is 2. The molecule has 10 atom stereocenters. The number of hydroxylamine groups is 2. The van der Waals surface area contributed by atoms with Crippen LogP contribution in [0.3, 0.4) is 0 Å². The number of imide groups is 1. The summed E-state index contributed by atoms with van der Waals surface area (Å²) >= 11 is 0. The Kier molecular flexibility index (Phi) is 35.7. The number of carbonyl (C=O) groups excluding carboxylic acids is 12. The number of carbonyl (C=O) groups is 12. The van der Waals surface area contributed by atoms with Gasteiger partial charge in [0.25, 0.3) is 11.8 Å². The Morgan fingerprint density at radius 2 is 1.36 bits per heavy atom. The largest absolute Gasteiger partial charge is 0.444 e. The van der Waals surface area contributed by atoms with Gasteiger partial charge in [-0.1, -0.05) is 104 Å². The molecule has 0 aromatic heterocycles. The summed E-state index contributed by atoms with van der Waals surface area (Å²) in [6.07, 6.45) is 2.02. The molecule has 2 aromatic rings. The van der Waals surface area contributed by atoms with Crippen LogP contribution in [0.25, 0.3) is 0 Å². The van der Waals surface area contributed by atoms with E-state index in [9.17, 15) is 52.7 Å². The first-order chi connectivity index (χ1) is 48.1. The normalized spacial score (nSPS) is 16.8. The summed E-state index contributed by atoms with van der Waals surface area (Å²) in [5.74, 6) is -5.66. The number of anilines is 1. The van der Waals surface area contributed by atoms with Crippen molar-refractivity contribution in [2.45, 2.75) is 195 Å². The fourth-order valence-corrected chi connectivity index (χ4v) is 12.8. The smallest absolute Gasteiger partial charge is 0.409 e. The standard InChI is InChI=1S/C73H115N13O16/c1-18-23-55(84(15)71(96)64(45(4)5)80-70(95)65(46(6)7)81(11)12)58(99-16)40-62(91)86-42-52(39-56(86)66(100-17)49(10)67(92)76-41-57(87)53-31-26-47(8)38-48(53)9)102-73(98)82(13)36-37-83(14)101-43-50-27-29-51(30-28-50)77-68(93)54(24-22-34-75-72(74)97)78-69(94)63(44(2)3)79-59(88)25-20-19-21-35-85-60(89)32-33-61(85)90/h26-33,38,44-46,49,52,54-56,58,63-66H,18-25,34-37,39-43H2,1-17H3,(H,76,92)(H,77,93)(H,78,94)(H,79,88)(H,80,95)(H3,74,75,97)/t49-,52+,54+,55+,56+,58-,63+,64+,65+,66-/m1/s1. The van der Waals surface area contributed by atoms with Gasteiger partial charge in [-0.3, -0.25) is 62.6 Å². The van der Waals surface area contributed by atoms with Crippen LogP contribution in [-0.2, 0) is 68.8 Å². The summed E-state index contributed by atoms with van der Waals surface area (Å²) in [5.41, 5.74) is 8.62. The number of urea groups is 1. The van der Waals surface area contributed by atoms with Gasteiger partial charge >= 0.3 is 12.1 Å². The average Bonchev–Trinajstić information content (AvgIpc) is 1.61. The van der Waals surface area contributed by atoms with Crippen molar-refractivity contribution in [1.29, 1.82) is 0 Å². The number of nitrogens with one attached hydrogen (secondary N) is 6. The number of ether oxygens (including phenoxy) is 3. The summed E-state index contributed by atoms with van der Waals surface area (Å²) < 4.78 is 18.3. The van der Waals surface area contributed by atoms with Gasteiger partial charge in [0.2, 0.25) is 41.4 Å². The molecular formula is C73H115N13O16. The lowest BCUT2D eigenvalue weighted by Crippen LogP contribution is -2.58. The summed E-state index contributed by atoms with van der Waals surface area (Å²) in [6.45, 7) is 18.9. The lowest BCUT2D eigenvalue weighted by atomic mass is 9.93. The second-order valence-electron chi connectivity index (χ2n) is 28.0. The molecule has 102 heavy (non-hydrogen) atoms. The number of ketones is 1. The topological polar surface area (TPSA) is 359 Å². The molecule has 0 spiro atoms. The van der Waals surface area contributed by atoms with Crippen LogP contribution < -0.4 is 37.6 Å². The molecule has 2 aliphatic heterocycles. The van der Waals surface area contributed by atoms with Gasteiger partial charge in [0.05, 0.1) is 62.4 Å². The number of rotatable bonds is 43. The van der Waals surface area contributed by atoms with Crippen LogP contribution in [0.15, 0.2) is 54.6 Å². The van der Waals surface area contributed by atoms with Crippen molar-refractivity contribution >= 4 is 76.8 Å². The highest BCUT2D eigenvalue weighted by atomic mass is 16.7. The summed E-state index contributed by atoms with van der Waals surface area (Å²) in [5, 5.41) is 18.2. The molecule has 0 unspecified atom stereocenters. The predicted octanol–water partition coefficient (Wildman–Crippen LogP) is 4.61. The van der Waals surface area contributed by atoms with Crippen LogP contribution in [0.2, 0.25) is 0 Å². The molecule has 1 saturated heterocycles. The number of benzene rings is 2. The third kappa shape index (κ3) is 26.5. The first kappa shape index (κ1) is 86.0. The maximum absolute atomic E-state index is 15.0. The first-order valence-electron chi connectivity index (χ1n) is 35.4. The number of amides is 12. The molecule has 12 amide bonds. The molecule has 8 N–H and O–H groups in total. The molecule has 29 heteroatoms. The Morgan fingerprint density at radius 3 is 1.94 bits per heavy atom. The number of likely N-dealkylation sites (tertiary alicyclic amines) is 1. The van der Waals surface area contributed by atoms with E-state index in [2.05, 4.69) is 31.9 Å². The Balaban J connectivity index is 1.42. The summed E-state index contributed by atoms with van der Waals surface area (Å²) in [6, 6.07) is 6.62. The molecule has 2 aliphatic rings. The van der Waals surface area contributed by atoms with Crippen molar-refractivity contribution < 1.29 is 76.6 Å². The van der Waals surface area contributed by atoms with E-state index >= 15 is 4.79 Å². The highest BCUT2D eigenvalue weighted by Gasteiger charge is 2.47. The molecular weight excluding hydrogens is 1310 g/mol. The second-order valence-corrected chi connectivity index (χ2v) is 28.0. The van der Waals surface area contributed by atoms with E-state index in [-0.39, 0.29) is 131 Å². The number of aryl methyl sites for hydroxylation is 2. The lowest BCUT2D eigenvalue weighted by molar-refractivity contribution is -0.151. The first-order valence-corrected chi connectivity index (χ1v) is 35.4.